The number of carboxylic acid groups (broad SMARTS) is 1. The van der Waals surface area contributed by atoms with Crippen molar-refractivity contribution < 1.29 is 14.7 Å². The zero-order valence-electron chi connectivity index (χ0n) is 13.0. The number of aromatic nitrogens is 1. The van der Waals surface area contributed by atoms with Crippen LogP contribution in [0.15, 0.2) is 48.7 Å². The Balaban J connectivity index is 1.83. The minimum absolute atomic E-state index is 0.0673. The van der Waals surface area contributed by atoms with E-state index in [0.29, 0.717) is 24.9 Å². The Labute approximate surface area is 135 Å². The number of carbonyl (C=O) groups is 2. The lowest BCUT2D eigenvalue weighted by atomic mass is 10.0. The Morgan fingerprint density at radius 2 is 1.91 bits per heavy atom. The number of nitrogens with zero attached hydrogens (tertiary/aromatic N) is 1. The maximum atomic E-state index is 11.9. The molecule has 0 aliphatic carbocycles. The number of aryl methyl sites for hydroxylation is 1. The summed E-state index contributed by atoms with van der Waals surface area (Å²) in [7, 11) is 0. The fourth-order valence-corrected chi connectivity index (χ4v) is 2.18. The highest BCUT2D eigenvalue weighted by atomic mass is 16.4. The molecule has 0 fully saturated rings. The number of pyridine rings is 1. The SMILES string of the molecule is CC(Cc1ccc(NC(=O)CCc2ccccn2)cc1)C(=O)O. The first kappa shape index (κ1) is 16.7. The molecule has 0 saturated heterocycles. The first-order valence-corrected chi connectivity index (χ1v) is 7.56. The van der Waals surface area contributed by atoms with Crippen LogP contribution in [0.4, 0.5) is 5.69 Å². The van der Waals surface area contributed by atoms with Gasteiger partial charge in [0.2, 0.25) is 5.91 Å². The van der Waals surface area contributed by atoms with E-state index in [1.54, 1.807) is 25.3 Å². The fourth-order valence-electron chi connectivity index (χ4n) is 2.18. The summed E-state index contributed by atoms with van der Waals surface area (Å²) in [5, 5.41) is 11.7. The molecule has 1 atom stereocenters. The second-order valence-electron chi connectivity index (χ2n) is 5.51. The van der Waals surface area contributed by atoms with Crippen LogP contribution < -0.4 is 5.32 Å². The molecule has 0 saturated carbocycles. The van der Waals surface area contributed by atoms with Gasteiger partial charge >= 0.3 is 5.97 Å². The van der Waals surface area contributed by atoms with Crippen molar-refractivity contribution in [2.75, 3.05) is 5.32 Å². The minimum atomic E-state index is -0.808. The van der Waals surface area contributed by atoms with Gasteiger partial charge in [0, 0.05) is 24.0 Å². The van der Waals surface area contributed by atoms with Crippen LogP contribution in [0.3, 0.4) is 0 Å². The predicted octanol–water partition coefficient (Wildman–Crippen LogP) is 2.92. The molecule has 1 aromatic carbocycles. The number of aliphatic carboxylic acids is 1. The number of benzene rings is 1. The van der Waals surface area contributed by atoms with Crippen molar-refractivity contribution in [3.05, 3.63) is 59.9 Å². The molecule has 0 aliphatic heterocycles. The van der Waals surface area contributed by atoms with Gasteiger partial charge in [0.25, 0.3) is 0 Å². The van der Waals surface area contributed by atoms with Crippen molar-refractivity contribution in [2.45, 2.75) is 26.2 Å². The van der Waals surface area contributed by atoms with Gasteiger partial charge in [-0.1, -0.05) is 25.1 Å². The number of rotatable bonds is 7. The summed E-state index contributed by atoms with van der Waals surface area (Å²) in [5.74, 6) is -1.30. The summed E-state index contributed by atoms with van der Waals surface area (Å²) in [6.45, 7) is 1.68. The van der Waals surface area contributed by atoms with E-state index >= 15 is 0 Å². The number of hydrogen-bond acceptors (Lipinski definition) is 3. The largest absolute Gasteiger partial charge is 0.481 e. The van der Waals surface area contributed by atoms with Crippen molar-refractivity contribution in [3.63, 3.8) is 0 Å². The highest BCUT2D eigenvalue weighted by Gasteiger charge is 2.11. The number of carboxylic acids is 1. The molecule has 1 aromatic heterocycles. The summed E-state index contributed by atoms with van der Waals surface area (Å²) in [6, 6.07) is 12.9. The molecule has 0 radical (unpaired) electrons. The molecular weight excluding hydrogens is 292 g/mol. The Morgan fingerprint density at radius 3 is 2.52 bits per heavy atom. The van der Waals surface area contributed by atoms with Crippen LogP contribution >= 0.6 is 0 Å². The second-order valence-corrected chi connectivity index (χ2v) is 5.51. The number of carbonyl (C=O) groups excluding carboxylic acids is 1. The monoisotopic (exact) mass is 312 g/mol. The lowest BCUT2D eigenvalue weighted by Crippen LogP contribution is -2.13. The van der Waals surface area contributed by atoms with Gasteiger partial charge in [-0.05, 0) is 42.7 Å². The first-order valence-electron chi connectivity index (χ1n) is 7.56. The second kappa shape index (κ2) is 8.08. The van der Waals surface area contributed by atoms with Crippen LogP contribution in [0.2, 0.25) is 0 Å². The van der Waals surface area contributed by atoms with Gasteiger partial charge < -0.3 is 10.4 Å². The molecule has 2 N–H and O–H groups in total. The zero-order chi connectivity index (χ0) is 16.7. The van der Waals surface area contributed by atoms with Gasteiger partial charge in [0.15, 0.2) is 0 Å². The molecule has 5 heteroatoms. The van der Waals surface area contributed by atoms with E-state index in [1.165, 1.54) is 0 Å². The average molecular weight is 312 g/mol. The van der Waals surface area contributed by atoms with E-state index in [0.717, 1.165) is 11.3 Å². The molecule has 1 unspecified atom stereocenters. The molecule has 0 aliphatic rings. The number of hydrogen-bond donors (Lipinski definition) is 2. The van der Waals surface area contributed by atoms with E-state index in [2.05, 4.69) is 10.3 Å². The van der Waals surface area contributed by atoms with Crippen molar-refractivity contribution in [1.29, 1.82) is 0 Å². The average Bonchev–Trinajstić information content (AvgIpc) is 2.55. The highest BCUT2D eigenvalue weighted by molar-refractivity contribution is 5.90. The Bertz CT molecular complexity index is 654. The summed E-state index contributed by atoms with van der Waals surface area (Å²) in [6.07, 6.45) is 3.16. The number of anilines is 1. The third-order valence-electron chi connectivity index (χ3n) is 3.54. The van der Waals surface area contributed by atoms with Crippen molar-refractivity contribution in [1.82, 2.24) is 4.98 Å². The van der Waals surface area contributed by atoms with Crippen molar-refractivity contribution >= 4 is 17.6 Å². The van der Waals surface area contributed by atoms with E-state index < -0.39 is 11.9 Å². The standard InChI is InChI=1S/C18H20N2O3/c1-13(18(22)23)12-14-5-7-16(8-6-14)20-17(21)10-9-15-4-2-3-11-19-15/h2-8,11,13H,9-10,12H2,1H3,(H,20,21)(H,22,23). The number of amides is 1. The summed E-state index contributed by atoms with van der Waals surface area (Å²) in [4.78, 5) is 26.9. The summed E-state index contributed by atoms with van der Waals surface area (Å²) >= 11 is 0. The smallest absolute Gasteiger partial charge is 0.306 e. The zero-order valence-corrected chi connectivity index (χ0v) is 13.0. The highest BCUT2D eigenvalue weighted by Crippen LogP contribution is 2.14. The normalized spacial score (nSPS) is 11.7. The molecule has 2 aromatic rings. The minimum Gasteiger partial charge on any atom is -0.481 e. The van der Waals surface area contributed by atoms with Gasteiger partial charge in [-0.25, -0.2) is 0 Å². The maximum Gasteiger partial charge on any atom is 0.306 e. The fraction of sp³-hybridized carbons (Fsp3) is 0.278. The molecule has 5 nitrogen and oxygen atoms in total. The first-order chi connectivity index (χ1) is 11.0. The molecule has 0 spiro atoms. The van der Waals surface area contributed by atoms with Crippen molar-refractivity contribution in [2.24, 2.45) is 5.92 Å². The van der Waals surface area contributed by atoms with E-state index in [4.69, 9.17) is 5.11 Å². The quantitative estimate of drug-likeness (QED) is 0.824. The van der Waals surface area contributed by atoms with Crippen LogP contribution in [0.5, 0.6) is 0 Å². The van der Waals surface area contributed by atoms with Crippen LogP contribution in [-0.2, 0) is 22.4 Å². The van der Waals surface area contributed by atoms with Gasteiger partial charge in [-0.3, -0.25) is 14.6 Å². The van der Waals surface area contributed by atoms with E-state index in [1.807, 2.05) is 30.3 Å². The summed E-state index contributed by atoms with van der Waals surface area (Å²) in [5.41, 5.74) is 2.54. The lowest BCUT2D eigenvalue weighted by Gasteiger charge is -2.08. The molecule has 2 rings (SSSR count). The Kier molecular flexibility index (Phi) is 5.86. The van der Waals surface area contributed by atoms with Gasteiger partial charge in [0.1, 0.15) is 0 Å². The van der Waals surface area contributed by atoms with Crippen LogP contribution in [-0.4, -0.2) is 22.0 Å². The van der Waals surface area contributed by atoms with Gasteiger partial charge in [-0.2, -0.15) is 0 Å². The Hall–Kier alpha value is -2.69. The molecular formula is C18H20N2O3. The lowest BCUT2D eigenvalue weighted by molar-refractivity contribution is -0.141. The molecule has 0 bridgehead atoms. The molecule has 1 amide bonds. The van der Waals surface area contributed by atoms with Gasteiger partial charge in [0.05, 0.1) is 5.92 Å². The summed E-state index contributed by atoms with van der Waals surface area (Å²) < 4.78 is 0. The van der Waals surface area contributed by atoms with E-state index in [-0.39, 0.29) is 5.91 Å². The molecule has 120 valence electrons. The molecule has 23 heavy (non-hydrogen) atoms. The Morgan fingerprint density at radius 1 is 1.17 bits per heavy atom. The van der Waals surface area contributed by atoms with Crippen molar-refractivity contribution in [3.8, 4) is 0 Å². The maximum absolute atomic E-state index is 11.9. The number of nitrogens with one attached hydrogen (secondary N) is 1. The van der Waals surface area contributed by atoms with Crippen LogP contribution in [0, 0.1) is 5.92 Å². The third kappa shape index (κ3) is 5.54. The van der Waals surface area contributed by atoms with Crippen LogP contribution in [0.1, 0.15) is 24.6 Å². The third-order valence-corrected chi connectivity index (χ3v) is 3.54. The topological polar surface area (TPSA) is 79.3 Å². The predicted molar refractivity (Wildman–Crippen MR) is 88.1 cm³/mol. The van der Waals surface area contributed by atoms with Crippen LogP contribution in [0.25, 0.3) is 0 Å². The van der Waals surface area contributed by atoms with Gasteiger partial charge in [-0.15, -0.1) is 0 Å². The van der Waals surface area contributed by atoms with E-state index in [9.17, 15) is 9.59 Å². The molecule has 1 heterocycles.